The molecule has 102 valence electrons. The van der Waals surface area contributed by atoms with Crippen LogP contribution in [-0.4, -0.2) is 16.1 Å². The van der Waals surface area contributed by atoms with Crippen molar-refractivity contribution in [2.45, 2.75) is 59.3 Å². The molecule has 1 aromatic heterocycles. The van der Waals surface area contributed by atoms with E-state index in [-0.39, 0.29) is 5.91 Å². The molecule has 0 fully saturated rings. The molecule has 0 bridgehead atoms. The van der Waals surface area contributed by atoms with E-state index >= 15 is 0 Å². The van der Waals surface area contributed by atoms with Crippen LogP contribution in [0.1, 0.15) is 57.9 Å². The minimum atomic E-state index is 0.0266. The molecule has 0 spiro atoms. The maximum Gasteiger partial charge on any atom is 0.226 e. The molecule has 18 heavy (non-hydrogen) atoms. The highest BCUT2D eigenvalue weighted by molar-refractivity contribution is 7.15. The van der Waals surface area contributed by atoms with Crippen molar-refractivity contribution in [2.24, 2.45) is 5.92 Å². The number of aromatic nitrogens is 2. The van der Waals surface area contributed by atoms with Crippen molar-refractivity contribution in [3.05, 3.63) is 5.01 Å². The summed E-state index contributed by atoms with van der Waals surface area (Å²) in [6.45, 7) is 6.25. The summed E-state index contributed by atoms with van der Waals surface area (Å²) >= 11 is 1.49. The average Bonchev–Trinajstić information content (AvgIpc) is 2.71. The van der Waals surface area contributed by atoms with Crippen molar-refractivity contribution in [1.82, 2.24) is 10.2 Å². The van der Waals surface area contributed by atoms with Crippen LogP contribution < -0.4 is 5.32 Å². The Kier molecular flexibility index (Phi) is 6.86. The monoisotopic (exact) mass is 269 g/mol. The van der Waals surface area contributed by atoms with Crippen LogP contribution in [-0.2, 0) is 11.2 Å². The van der Waals surface area contributed by atoms with Crippen LogP contribution in [0, 0.1) is 5.92 Å². The van der Waals surface area contributed by atoms with Crippen LogP contribution in [0.2, 0.25) is 0 Å². The number of hydrogen-bond acceptors (Lipinski definition) is 4. The number of anilines is 1. The van der Waals surface area contributed by atoms with Crippen molar-refractivity contribution in [2.75, 3.05) is 5.32 Å². The van der Waals surface area contributed by atoms with Gasteiger partial charge in [-0.25, -0.2) is 0 Å². The normalized spacial score (nSPS) is 10.9. The van der Waals surface area contributed by atoms with Gasteiger partial charge in [0.2, 0.25) is 11.0 Å². The Balaban J connectivity index is 2.31. The lowest BCUT2D eigenvalue weighted by molar-refractivity contribution is -0.116. The number of nitrogens with zero attached hydrogens (tertiary/aromatic N) is 2. The molecule has 0 aliphatic heterocycles. The molecule has 5 heteroatoms. The van der Waals surface area contributed by atoms with E-state index < -0.39 is 0 Å². The first kappa shape index (κ1) is 15.1. The van der Waals surface area contributed by atoms with Gasteiger partial charge in [0.1, 0.15) is 5.01 Å². The summed E-state index contributed by atoms with van der Waals surface area (Å²) in [5, 5.41) is 12.6. The standard InChI is InChI=1S/C13H23N3OS/c1-4-5-6-7-8-12-15-16-13(18-12)14-11(17)9-10(2)3/h10H,4-9H2,1-3H3,(H,14,16,17). The lowest BCUT2D eigenvalue weighted by atomic mass is 10.1. The van der Waals surface area contributed by atoms with Gasteiger partial charge in [0.05, 0.1) is 0 Å². The second-order valence-electron chi connectivity index (χ2n) is 4.96. The minimum Gasteiger partial charge on any atom is -0.301 e. The zero-order valence-corrected chi connectivity index (χ0v) is 12.3. The third kappa shape index (κ3) is 6.10. The second kappa shape index (κ2) is 8.19. The van der Waals surface area contributed by atoms with E-state index in [9.17, 15) is 4.79 Å². The number of aryl methyl sites for hydroxylation is 1. The lowest BCUT2D eigenvalue weighted by Crippen LogP contribution is -2.13. The molecule has 1 heterocycles. The lowest BCUT2D eigenvalue weighted by Gasteiger charge is -2.02. The van der Waals surface area contributed by atoms with Gasteiger partial charge in [-0.15, -0.1) is 10.2 Å². The van der Waals surface area contributed by atoms with Gasteiger partial charge >= 0.3 is 0 Å². The number of hydrogen-bond donors (Lipinski definition) is 1. The average molecular weight is 269 g/mol. The van der Waals surface area contributed by atoms with Gasteiger partial charge in [-0.2, -0.15) is 0 Å². The van der Waals surface area contributed by atoms with Crippen LogP contribution in [0.5, 0.6) is 0 Å². The molecule has 0 saturated heterocycles. The maximum absolute atomic E-state index is 11.6. The maximum atomic E-state index is 11.6. The number of carbonyl (C=O) groups is 1. The largest absolute Gasteiger partial charge is 0.301 e. The number of amides is 1. The van der Waals surface area contributed by atoms with Crippen LogP contribution >= 0.6 is 11.3 Å². The van der Waals surface area contributed by atoms with Crippen molar-refractivity contribution >= 4 is 22.4 Å². The van der Waals surface area contributed by atoms with E-state index in [1.165, 1.54) is 30.6 Å². The summed E-state index contributed by atoms with van der Waals surface area (Å²) in [6, 6.07) is 0. The number of carbonyl (C=O) groups excluding carboxylic acids is 1. The highest BCUT2D eigenvalue weighted by atomic mass is 32.1. The molecule has 1 N–H and O–H groups in total. The highest BCUT2D eigenvalue weighted by Gasteiger charge is 2.09. The first-order valence-electron chi connectivity index (χ1n) is 6.74. The van der Waals surface area contributed by atoms with E-state index in [4.69, 9.17) is 0 Å². The zero-order chi connectivity index (χ0) is 13.4. The quantitative estimate of drug-likeness (QED) is 0.733. The van der Waals surface area contributed by atoms with E-state index in [2.05, 4.69) is 22.4 Å². The van der Waals surface area contributed by atoms with Crippen molar-refractivity contribution in [3.8, 4) is 0 Å². The van der Waals surface area contributed by atoms with Crippen molar-refractivity contribution < 1.29 is 4.79 Å². The summed E-state index contributed by atoms with van der Waals surface area (Å²) in [4.78, 5) is 11.6. The second-order valence-corrected chi connectivity index (χ2v) is 6.02. The smallest absolute Gasteiger partial charge is 0.226 e. The Hall–Kier alpha value is -0.970. The summed E-state index contributed by atoms with van der Waals surface area (Å²) in [5.41, 5.74) is 0. The minimum absolute atomic E-state index is 0.0266. The molecular formula is C13H23N3OS. The Labute approximate surface area is 113 Å². The van der Waals surface area contributed by atoms with Gasteiger partial charge in [-0.3, -0.25) is 4.79 Å². The molecule has 1 amide bonds. The predicted octanol–water partition coefficient (Wildman–Crippen LogP) is 3.65. The first-order valence-corrected chi connectivity index (χ1v) is 7.55. The van der Waals surface area contributed by atoms with E-state index in [1.54, 1.807) is 0 Å². The van der Waals surface area contributed by atoms with Gasteiger partial charge in [-0.05, 0) is 12.3 Å². The third-order valence-electron chi connectivity index (χ3n) is 2.55. The summed E-state index contributed by atoms with van der Waals surface area (Å²) < 4.78 is 0. The summed E-state index contributed by atoms with van der Waals surface area (Å²) in [6.07, 6.45) is 6.42. The van der Waals surface area contributed by atoms with Gasteiger partial charge in [-0.1, -0.05) is 51.4 Å². The van der Waals surface area contributed by atoms with Crippen LogP contribution in [0.25, 0.3) is 0 Å². The van der Waals surface area contributed by atoms with Crippen molar-refractivity contribution in [3.63, 3.8) is 0 Å². The van der Waals surface area contributed by atoms with Crippen LogP contribution in [0.3, 0.4) is 0 Å². The fourth-order valence-electron chi connectivity index (χ4n) is 1.65. The molecule has 0 aromatic carbocycles. The SMILES string of the molecule is CCCCCCc1nnc(NC(=O)CC(C)C)s1. The third-order valence-corrected chi connectivity index (χ3v) is 3.45. The van der Waals surface area contributed by atoms with E-state index in [0.717, 1.165) is 17.8 Å². The van der Waals surface area contributed by atoms with Crippen LogP contribution in [0.4, 0.5) is 5.13 Å². The summed E-state index contributed by atoms with van der Waals surface area (Å²) in [5.74, 6) is 0.394. The summed E-state index contributed by atoms with van der Waals surface area (Å²) in [7, 11) is 0. The first-order chi connectivity index (χ1) is 8.61. The molecule has 4 nitrogen and oxygen atoms in total. The molecule has 0 aliphatic carbocycles. The molecule has 1 aromatic rings. The van der Waals surface area contributed by atoms with Gasteiger partial charge in [0, 0.05) is 12.8 Å². The fourth-order valence-corrected chi connectivity index (χ4v) is 2.45. The van der Waals surface area contributed by atoms with Crippen molar-refractivity contribution in [1.29, 1.82) is 0 Å². The molecule has 0 atom stereocenters. The molecule has 0 radical (unpaired) electrons. The topological polar surface area (TPSA) is 54.9 Å². The molecule has 0 unspecified atom stereocenters. The molecule has 0 aliphatic rings. The Bertz CT molecular complexity index is 363. The highest BCUT2D eigenvalue weighted by Crippen LogP contribution is 2.18. The number of rotatable bonds is 8. The van der Waals surface area contributed by atoms with Gasteiger partial charge in [0.25, 0.3) is 0 Å². The number of unbranched alkanes of at least 4 members (excludes halogenated alkanes) is 3. The Morgan fingerprint density at radius 3 is 2.72 bits per heavy atom. The Morgan fingerprint density at radius 2 is 2.06 bits per heavy atom. The fraction of sp³-hybridized carbons (Fsp3) is 0.769. The van der Waals surface area contributed by atoms with Gasteiger partial charge < -0.3 is 5.32 Å². The van der Waals surface area contributed by atoms with E-state index in [1.807, 2.05) is 13.8 Å². The predicted molar refractivity (Wildman–Crippen MR) is 75.8 cm³/mol. The molecular weight excluding hydrogens is 246 g/mol. The Morgan fingerprint density at radius 1 is 1.28 bits per heavy atom. The van der Waals surface area contributed by atoms with E-state index in [0.29, 0.717) is 17.5 Å². The van der Waals surface area contributed by atoms with Crippen LogP contribution in [0.15, 0.2) is 0 Å². The zero-order valence-electron chi connectivity index (χ0n) is 11.5. The molecule has 0 saturated carbocycles. The number of nitrogens with one attached hydrogen (secondary N) is 1. The molecule has 1 rings (SSSR count). The van der Waals surface area contributed by atoms with Gasteiger partial charge in [0.15, 0.2) is 0 Å².